The lowest BCUT2D eigenvalue weighted by Gasteiger charge is -2.12. The molecule has 0 fully saturated rings. The van der Waals surface area contributed by atoms with Gasteiger partial charge in [0.15, 0.2) is 11.6 Å². The molecule has 0 saturated carbocycles. The third-order valence-electron chi connectivity index (χ3n) is 3.81. The molecule has 0 saturated heterocycles. The smallest absolute Gasteiger partial charge is 0.236 e. The monoisotopic (exact) mass is 348 g/mol. The Morgan fingerprint density at radius 1 is 1.04 bits per heavy atom. The molecule has 2 aromatic rings. The van der Waals surface area contributed by atoms with Crippen molar-refractivity contribution in [3.63, 3.8) is 0 Å². The topological polar surface area (TPSA) is 36.3 Å². The van der Waals surface area contributed by atoms with Gasteiger partial charge in [0.25, 0.3) is 0 Å². The van der Waals surface area contributed by atoms with Gasteiger partial charge in [-0.15, -0.1) is 5.10 Å². The Labute approximate surface area is 150 Å². The molecule has 0 N–H and O–H groups in total. The van der Waals surface area contributed by atoms with Gasteiger partial charge in [-0.1, -0.05) is 6.07 Å². The van der Waals surface area contributed by atoms with Gasteiger partial charge in [0.1, 0.15) is 0 Å². The van der Waals surface area contributed by atoms with E-state index in [0.717, 1.165) is 16.8 Å². The van der Waals surface area contributed by atoms with Crippen LogP contribution < -0.4 is 9.47 Å². The van der Waals surface area contributed by atoms with Crippen LogP contribution >= 0.6 is 0 Å². The maximum atomic E-state index is 14.3. The van der Waals surface area contributed by atoms with Crippen molar-refractivity contribution in [1.82, 2.24) is 9.78 Å². The van der Waals surface area contributed by atoms with E-state index >= 15 is 0 Å². The number of aromatic nitrogens is 2. The van der Waals surface area contributed by atoms with Gasteiger partial charge in [-0.05, 0) is 66.2 Å². The summed E-state index contributed by atoms with van der Waals surface area (Å²) in [4.78, 5) is 0. The van der Waals surface area contributed by atoms with Gasteiger partial charge >= 0.3 is 0 Å². The molecule has 4 nitrogen and oxygen atoms in total. The summed E-state index contributed by atoms with van der Waals surface area (Å²) < 4.78 is 27.6. The first-order chi connectivity index (χ1) is 11.7. The van der Waals surface area contributed by atoms with Crippen LogP contribution in [0.5, 0.6) is 11.6 Å². The van der Waals surface area contributed by atoms with Crippen molar-refractivity contribution in [3.8, 4) is 11.6 Å². The number of halogens is 1. The van der Waals surface area contributed by atoms with E-state index in [0.29, 0.717) is 12.3 Å². The summed E-state index contributed by atoms with van der Waals surface area (Å²) in [5, 5.41) is 4.60. The Balaban J connectivity index is 2.34. The zero-order valence-electron chi connectivity index (χ0n) is 16.3. The van der Waals surface area contributed by atoms with E-state index in [1.165, 1.54) is 6.07 Å². The molecule has 0 aliphatic carbocycles. The number of benzene rings is 1. The van der Waals surface area contributed by atoms with E-state index in [1.807, 2.05) is 45.4 Å². The van der Waals surface area contributed by atoms with Crippen LogP contribution in [0.1, 0.15) is 64.4 Å². The summed E-state index contributed by atoms with van der Waals surface area (Å²) in [7, 11) is 0. The van der Waals surface area contributed by atoms with Gasteiger partial charge in [0.05, 0.1) is 12.2 Å². The van der Waals surface area contributed by atoms with E-state index < -0.39 is 0 Å². The summed E-state index contributed by atoms with van der Waals surface area (Å²) in [6.45, 7) is 13.9. The standard InChI is InChI=1S/C20H29FN2O2/c1-12(2)23-15(7)17(20(22-23)25-14(5)6)10-16-8-9-19(18(21)11-16)24-13(3)4/h8-9,11-14H,10H2,1-7H3. The zero-order chi connectivity index (χ0) is 18.7. The van der Waals surface area contributed by atoms with Crippen molar-refractivity contribution in [3.05, 3.63) is 40.8 Å². The van der Waals surface area contributed by atoms with E-state index in [1.54, 1.807) is 6.07 Å². The average Bonchev–Trinajstić information content (AvgIpc) is 2.78. The molecule has 138 valence electrons. The minimum Gasteiger partial charge on any atom is -0.488 e. The van der Waals surface area contributed by atoms with Crippen LogP contribution in [0.25, 0.3) is 0 Å². The molecule has 1 heterocycles. The fourth-order valence-corrected chi connectivity index (χ4v) is 2.76. The van der Waals surface area contributed by atoms with Gasteiger partial charge in [-0.3, -0.25) is 4.68 Å². The van der Waals surface area contributed by atoms with Crippen molar-refractivity contribution in [2.24, 2.45) is 0 Å². The van der Waals surface area contributed by atoms with Crippen LogP contribution in [0.4, 0.5) is 4.39 Å². The molecule has 0 radical (unpaired) electrons. The zero-order valence-corrected chi connectivity index (χ0v) is 16.3. The highest BCUT2D eigenvalue weighted by Crippen LogP contribution is 2.29. The van der Waals surface area contributed by atoms with Crippen molar-refractivity contribution >= 4 is 0 Å². The number of nitrogens with zero attached hydrogens (tertiary/aromatic N) is 2. The number of hydrogen-bond acceptors (Lipinski definition) is 3. The van der Waals surface area contributed by atoms with E-state index in [9.17, 15) is 4.39 Å². The van der Waals surface area contributed by atoms with E-state index in [2.05, 4.69) is 18.9 Å². The number of rotatable bonds is 7. The molecule has 0 aliphatic heterocycles. The van der Waals surface area contributed by atoms with Crippen molar-refractivity contribution in [2.75, 3.05) is 0 Å². The quantitative estimate of drug-likeness (QED) is 0.700. The second kappa shape index (κ2) is 7.89. The fraction of sp³-hybridized carbons (Fsp3) is 0.550. The van der Waals surface area contributed by atoms with E-state index in [-0.39, 0.29) is 29.8 Å². The average molecular weight is 348 g/mol. The third-order valence-corrected chi connectivity index (χ3v) is 3.81. The maximum absolute atomic E-state index is 14.3. The van der Waals surface area contributed by atoms with Crippen molar-refractivity contribution in [1.29, 1.82) is 0 Å². The van der Waals surface area contributed by atoms with Crippen LogP contribution in [0.15, 0.2) is 18.2 Å². The summed E-state index contributed by atoms with van der Waals surface area (Å²) >= 11 is 0. The lowest BCUT2D eigenvalue weighted by Crippen LogP contribution is -2.08. The molecule has 0 bridgehead atoms. The second-order valence-corrected chi connectivity index (χ2v) is 7.18. The highest BCUT2D eigenvalue weighted by molar-refractivity contribution is 5.39. The third kappa shape index (κ3) is 4.74. The molecule has 0 unspecified atom stereocenters. The Morgan fingerprint density at radius 3 is 2.20 bits per heavy atom. The van der Waals surface area contributed by atoms with Gasteiger partial charge in [-0.25, -0.2) is 4.39 Å². The molecule has 25 heavy (non-hydrogen) atoms. The van der Waals surface area contributed by atoms with Crippen LogP contribution in [0.3, 0.4) is 0 Å². The highest BCUT2D eigenvalue weighted by atomic mass is 19.1. The second-order valence-electron chi connectivity index (χ2n) is 7.18. The van der Waals surface area contributed by atoms with Crippen LogP contribution in [0.2, 0.25) is 0 Å². The van der Waals surface area contributed by atoms with Gasteiger partial charge in [0.2, 0.25) is 5.88 Å². The van der Waals surface area contributed by atoms with Gasteiger partial charge in [-0.2, -0.15) is 0 Å². The number of ether oxygens (including phenoxy) is 2. The molecule has 0 atom stereocenters. The minimum atomic E-state index is -0.341. The van der Waals surface area contributed by atoms with Gasteiger partial charge in [0, 0.05) is 23.7 Å². The van der Waals surface area contributed by atoms with Crippen LogP contribution in [-0.4, -0.2) is 22.0 Å². The summed E-state index contributed by atoms with van der Waals surface area (Å²) in [5.41, 5.74) is 2.92. The molecule has 1 aromatic heterocycles. The molecule has 0 spiro atoms. The van der Waals surface area contributed by atoms with Gasteiger partial charge < -0.3 is 9.47 Å². The molecule has 0 aliphatic rings. The Hall–Kier alpha value is -2.04. The first-order valence-corrected chi connectivity index (χ1v) is 8.88. The summed E-state index contributed by atoms with van der Waals surface area (Å²) in [6.07, 6.45) is 0.546. The van der Waals surface area contributed by atoms with Crippen molar-refractivity contribution < 1.29 is 13.9 Å². The predicted molar refractivity (Wildman–Crippen MR) is 98.1 cm³/mol. The predicted octanol–water partition coefficient (Wildman–Crippen LogP) is 5.08. The molecule has 1 aromatic carbocycles. The Morgan fingerprint density at radius 2 is 1.68 bits per heavy atom. The lowest BCUT2D eigenvalue weighted by molar-refractivity contribution is 0.227. The molecule has 2 rings (SSSR count). The maximum Gasteiger partial charge on any atom is 0.236 e. The molecule has 5 heteroatoms. The Kier molecular flexibility index (Phi) is 6.09. The molecular weight excluding hydrogens is 319 g/mol. The first-order valence-electron chi connectivity index (χ1n) is 8.88. The lowest BCUT2D eigenvalue weighted by atomic mass is 10.0. The SMILES string of the molecule is Cc1c(Cc2ccc(OC(C)C)c(F)c2)c(OC(C)C)nn1C(C)C. The summed E-state index contributed by atoms with van der Waals surface area (Å²) in [6, 6.07) is 5.35. The minimum absolute atomic E-state index is 0.0345. The van der Waals surface area contributed by atoms with Crippen LogP contribution in [-0.2, 0) is 6.42 Å². The number of hydrogen-bond donors (Lipinski definition) is 0. The van der Waals surface area contributed by atoms with Crippen molar-refractivity contribution in [2.45, 2.75) is 73.1 Å². The molecular formula is C20H29FN2O2. The fourth-order valence-electron chi connectivity index (χ4n) is 2.76. The summed E-state index contributed by atoms with van der Waals surface area (Å²) in [5.74, 6) is 0.572. The Bertz CT molecular complexity index is 721. The van der Waals surface area contributed by atoms with E-state index in [4.69, 9.17) is 9.47 Å². The normalized spacial score (nSPS) is 11.6. The van der Waals surface area contributed by atoms with Crippen LogP contribution in [0, 0.1) is 12.7 Å². The largest absolute Gasteiger partial charge is 0.488 e. The molecule has 0 amide bonds. The highest BCUT2D eigenvalue weighted by Gasteiger charge is 2.19. The first kappa shape index (κ1) is 19.3.